The zero-order valence-corrected chi connectivity index (χ0v) is 39.5. The molecule has 8 aromatic rings. The van der Waals surface area contributed by atoms with Gasteiger partial charge in [0.1, 0.15) is 13.2 Å². The predicted octanol–water partition coefficient (Wildman–Crippen LogP) is 16.2. The van der Waals surface area contributed by atoms with Crippen molar-refractivity contribution in [2.75, 3.05) is 24.0 Å². The van der Waals surface area contributed by atoms with Gasteiger partial charge in [0.05, 0.1) is 14.2 Å². The summed E-state index contributed by atoms with van der Waals surface area (Å²) in [6.45, 7) is 0.234. The fraction of sp³-hybridized carbons (Fsp3) is 0.129. The monoisotopic (exact) mass is 924 g/mol. The molecule has 0 aliphatic carbocycles. The van der Waals surface area contributed by atoms with E-state index in [2.05, 4.69) is 189 Å². The zero-order chi connectivity index (χ0) is 48.3. The summed E-state index contributed by atoms with van der Waals surface area (Å²) in [5.74, 6) is 0. The van der Waals surface area contributed by atoms with E-state index >= 15 is 0 Å². The Balaban J connectivity index is 1.02. The van der Waals surface area contributed by atoms with Crippen molar-refractivity contribution in [1.29, 1.82) is 0 Å². The van der Waals surface area contributed by atoms with Crippen molar-refractivity contribution < 1.29 is 28.5 Å². The lowest BCUT2D eigenvalue weighted by atomic mass is 10.0. The molecular formula is C62H56N2O6. The van der Waals surface area contributed by atoms with Crippen molar-refractivity contribution >= 4 is 58.6 Å². The molecular weight excluding hydrogens is 869 g/mol. The van der Waals surface area contributed by atoms with Crippen LogP contribution in [0.25, 0.3) is 23.3 Å². The second-order valence-electron chi connectivity index (χ2n) is 16.6. The molecule has 70 heavy (non-hydrogen) atoms. The largest absolute Gasteiger partial charge is 0.508 e. The van der Waals surface area contributed by atoms with Gasteiger partial charge in [0, 0.05) is 34.1 Å². The molecule has 0 unspecified atom stereocenters. The van der Waals surface area contributed by atoms with E-state index in [0.717, 1.165) is 82.1 Å². The summed E-state index contributed by atoms with van der Waals surface area (Å²) in [7, 11) is 2.60. The highest BCUT2D eigenvalue weighted by Gasteiger charge is 2.16. The van der Waals surface area contributed by atoms with Gasteiger partial charge < -0.3 is 28.7 Å². The molecule has 0 aromatic heterocycles. The van der Waals surface area contributed by atoms with Crippen LogP contribution in [0.15, 0.2) is 218 Å². The van der Waals surface area contributed by atoms with Gasteiger partial charge in [0.2, 0.25) is 0 Å². The Hall–Kier alpha value is -8.62. The van der Waals surface area contributed by atoms with Gasteiger partial charge in [-0.05, 0) is 143 Å². The van der Waals surface area contributed by atoms with E-state index in [0.29, 0.717) is 0 Å². The minimum absolute atomic E-state index is 0.117. The molecule has 8 nitrogen and oxygen atoms in total. The highest BCUT2D eigenvalue weighted by molar-refractivity contribution is 5.81. The Labute approximate surface area is 411 Å². The van der Waals surface area contributed by atoms with Crippen molar-refractivity contribution in [3.8, 4) is 11.1 Å². The Morgan fingerprint density at radius 2 is 0.657 bits per heavy atom. The lowest BCUT2D eigenvalue weighted by molar-refractivity contribution is 0.0660. The molecule has 0 radical (unpaired) electrons. The van der Waals surface area contributed by atoms with Crippen LogP contribution in [0, 0.1) is 0 Å². The summed E-state index contributed by atoms with van der Waals surface area (Å²) in [6, 6.07) is 71.5. The maximum absolute atomic E-state index is 11.7. The highest BCUT2D eigenvalue weighted by atomic mass is 16.7. The SMILES string of the molecule is COC(=O)OCc1ccc(N(c2ccc(CC/C=C/c3ccccc3)cc2)c2ccc(-c3ccc(N(c4ccc(CC/C=C/c5ccccc5)cc4)c4ccc(COC(=O)OC)cc4)cc3)cc2)cc1. The van der Waals surface area contributed by atoms with Crippen LogP contribution in [-0.4, -0.2) is 26.5 Å². The molecule has 0 amide bonds. The van der Waals surface area contributed by atoms with Gasteiger partial charge >= 0.3 is 12.3 Å². The third-order valence-electron chi connectivity index (χ3n) is 11.8. The molecule has 8 heteroatoms. The molecule has 8 rings (SSSR count). The lowest BCUT2D eigenvalue weighted by Crippen LogP contribution is -2.10. The molecule has 0 N–H and O–H groups in total. The Kier molecular flexibility index (Phi) is 16.7. The fourth-order valence-corrected chi connectivity index (χ4v) is 8.08. The number of rotatable bonds is 19. The highest BCUT2D eigenvalue weighted by Crippen LogP contribution is 2.39. The van der Waals surface area contributed by atoms with Crippen LogP contribution < -0.4 is 9.80 Å². The fourth-order valence-electron chi connectivity index (χ4n) is 8.08. The number of methoxy groups -OCH3 is 2. The standard InChI is InChI=1S/C62H56N2O6/c1-67-61(65)69-45-51-25-37-57(38-26-51)63(55-33-21-49(22-34-55)19-11-9-17-47-13-5-3-6-14-47)59-41-29-53(30-42-59)54-31-43-60(44-32-54)64(58-39-27-52(28-40-58)46-70-62(66)68-2)56-35-23-50(24-36-56)20-12-10-18-48-15-7-4-8-16-48/h3-10,13-18,21-44H,11-12,19-20,45-46H2,1-2H3/b17-9+,18-10+. The topological polar surface area (TPSA) is 77.5 Å². The maximum atomic E-state index is 11.7. The molecule has 0 bridgehead atoms. The van der Waals surface area contributed by atoms with E-state index in [-0.39, 0.29) is 13.2 Å². The second kappa shape index (κ2) is 24.4. The number of allylic oxidation sites excluding steroid dienone is 2. The van der Waals surface area contributed by atoms with Crippen LogP contribution in [-0.2, 0) is 45.0 Å². The summed E-state index contributed by atoms with van der Waals surface area (Å²) < 4.78 is 19.7. The van der Waals surface area contributed by atoms with E-state index in [4.69, 9.17) is 9.47 Å². The summed E-state index contributed by atoms with van der Waals surface area (Å²) in [5.41, 5.74) is 14.8. The lowest BCUT2D eigenvalue weighted by Gasteiger charge is -2.26. The molecule has 0 spiro atoms. The minimum atomic E-state index is -0.715. The van der Waals surface area contributed by atoms with Crippen LogP contribution in [0.4, 0.5) is 43.7 Å². The first-order chi connectivity index (χ1) is 34.4. The summed E-state index contributed by atoms with van der Waals surface area (Å²) in [5, 5.41) is 0. The van der Waals surface area contributed by atoms with Crippen LogP contribution in [0.1, 0.15) is 46.2 Å². The first-order valence-electron chi connectivity index (χ1n) is 23.4. The number of hydrogen-bond acceptors (Lipinski definition) is 8. The van der Waals surface area contributed by atoms with E-state index in [9.17, 15) is 9.59 Å². The molecule has 0 fully saturated rings. The molecule has 0 aliphatic rings. The number of carbonyl (C=O) groups excluding carboxylic acids is 2. The van der Waals surface area contributed by atoms with Gasteiger partial charge in [-0.1, -0.05) is 158 Å². The van der Waals surface area contributed by atoms with E-state index in [1.165, 1.54) is 36.5 Å². The maximum Gasteiger partial charge on any atom is 0.508 e. The van der Waals surface area contributed by atoms with Gasteiger partial charge in [-0.15, -0.1) is 0 Å². The van der Waals surface area contributed by atoms with E-state index in [1.807, 2.05) is 60.7 Å². The van der Waals surface area contributed by atoms with Gasteiger partial charge in [-0.25, -0.2) is 9.59 Å². The average molecular weight is 925 g/mol. The van der Waals surface area contributed by atoms with Gasteiger partial charge in [0.25, 0.3) is 0 Å². The number of ether oxygens (including phenoxy) is 4. The molecule has 350 valence electrons. The Morgan fingerprint density at radius 3 is 0.957 bits per heavy atom. The zero-order valence-electron chi connectivity index (χ0n) is 39.5. The number of aryl methyl sites for hydroxylation is 2. The van der Waals surface area contributed by atoms with Crippen LogP contribution in [0.3, 0.4) is 0 Å². The number of carbonyl (C=O) groups is 2. The van der Waals surface area contributed by atoms with Crippen molar-refractivity contribution in [3.05, 3.63) is 252 Å². The van der Waals surface area contributed by atoms with Gasteiger partial charge in [0.15, 0.2) is 0 Å². The van der Waals surface area contributed by atoms with Crippen LogP contribution in [0.5, 0.6) is 0 Å². The van der Waals surface area contributed by atoms with Crippen molar-refractivity contribution in [2.24, 2.45) is 0 Å². The quantitative estimate of drug-likeness (QED) is 0.0742. The van der Waals surface area contributed by atoms with Crippen molar-refractivity contribution in [3.63, 3.8) is 0 Å². The first-order valence-corrected chi connectivity index (χ1v) is 23.4. The average Bonchev–Trinajstić information content (AvgIpc) is 3.42. The third kappa shape index (κ3) is 13.3. The molecule has 8 aromatic carbocycles. The normalized spacial score (nSPS) is 11.1. The van der Waals surface area contributed by atoms with Crippen LogP contribution >= 0.6 is 0 Å². The molecule has 0 heterocycles. The van der Waals surface area contributed by atoms with E-state index < -0.39 is 12.3 Å². The number of benzene rings is 8. The summed E-state index contributed by atoms with van der Waals surface area (Å²) >= 11 is 0. The number of nitrogens with zero attached hydrogens (tertiary/aromatic N) is 2. The van der Waals surface area contributed by atoms with Gasteiger partial charge in [-0.3, -0.25) is 0 Å². The number of hydrogen-bond donors (Lipinski definition) is 0. The predicted molar refractivity (Wildman–Crippen MR) is 283 cm³/mol. The van der Waals surface area contributed by atoms with Crippen molar-refractivity contribution in [1.82, 2.24) is 0 Å². The number of anilines is 6. The molecule has 0 atom stereocenters. The molecule has 0 saturated heterocycles. The third-order valence-corrected chi connectivity index (χ3v) is 11.8. The minimum Gasteiger partial charge on any atom is -0.438 e. The van der Waals surface area contributed by atoms with Crippen LogP contribution in [0.2, 0.25) is 0 Å². The first kappa shape index (κ1) is 47.9. The Bertz CT molecular complexity index is 2730. The smallest absolute Gasteiger partial charge is 0.438 e. The molecule has 0 saturated carbocycles. The second-order valence-corrected chi connectivity index (χ2v) is 16.6. The van der Waals surface area contributed by atoms with Crippen molar-refractivity contribution in [2.45, 2.75) is 38.9 Å². The van der Waals surface area contributed by atoms with E-state index in [1.54, 1.807) is 0 Å². The Morgan fingerprint density at radius 1 is 0.371 bits per heavy atom. The summed E-state index contributed by atoms with van der Waals surface area (Å²) in [4.78, 5) is 27.8. The summed E-state index contributed by atoms with van der Waals surface area (Å²) in [6.07, 6.45) is 11.1. The van der Waals surface area contributed by atoms with Gasteiger partial charge in [-0.2, -0.15) is 0 Å². The molecule has 0 aliphatic heterocycles.